The van der Waals surface area contributed by atoms with E-state index in [-0.39, 0.29) is 24.1 Å². The molecule has 6 nitrogen and oxygen atoms in total. The summed E-state index contributed by atoms with van der Waals surface area (Å²) in [5.41, 5.74) is 1.86. The Morgan fingerprint density at radius 3 is 2.22 bits per heavy atom. The molecule has 0 saturated heterocycles. The number of hydrogen-bond donors (Lipinski definition) is 3. The standard InChI is InChI=1S/C24H21Cl2N3O3/c1-15(30)27-20-12-11-17(25)13-22(20)28-23(31)14-21(16-7-3-2-4-8-16)29-24(32)18-9-5-6-10-19(18)26/h2-13,21H,14H2,1H3,(H,27,30)(H,28,31)(H,29,32). The van der Waals surface area contributed by atoms with Crippen LogP contribution in [0.1, 0.15) is 35.3 Å². The minimum absolute atomic E-state index is 0.0494. The van der Waals surface area contributed by atoms with Crippen molar-refractivity contribution in [3.8, 4) is 0 Å². The van der Waals surface area contributed by atoms with Gasteiger partial charge >= 0.3 is 0 Å². The molecule has 0 spiro atoms. The molecular formula is C24H21Cl2N3O3. The minimum Gasteiger partial charge on any atom is -0.345 e. The lowest BCUT2D eigenvalue weighted by atomic mass is 10.0. The van der Waals surface area contributed by atoms with E-state index in [0.29, 0.717) is 27.0 Å². The summed E-state index contributed by atoms with van der Waals surface area (Å²) in [5, 5.41) is 9.03. The van der Waals surface area contributed by atoms with Crippen molar-refractivity contribution in [2.24, 2.45) is 0 Å². The maximum atomic E-state index is 12.9. The van der Waals surface area contributed by atoms with E-state index in [1.807, 2.05) is 30.3 Å². The van der Waals surface area contributed by atoms with Gasteiger partial charge in [0.1, 0.15) is 0 Å². The predicted octanol–water partition coefficient (Wildman–Crippen LogP) is 5.45. The zero-order chi connectivity index (χ0) is 23.1. The van der Waals surface area contributed by atoms with Crippen LogP contribution >= 0.6 is 23.2 Å². The van der Waals surface area contributed by atoms with Gasteiger partial charge < -0.3 is 16.0 Å². The highest BCUT2D eigenvalue weighted by Crippen LogP contribution is 2.27. The van der Waals surface area contributed by atoms with Gasteiger partial charge in [-0.2, -0.15) is 0 Å². The third-order valence-corrected chi connectivity index (χ3v) is 5.15. The Kier molecular flexibility index (Phi) is 7.87. The van der Waals surface area contributed by atoms with Gasteiger partial charge in [0.15, 0.2) is 0 Å². The van der Waals surface area contributed by atoms with Gasteiger partial charge in [-0.3, -0.25) is 14.4 Å². The van der Waals surface area contributed by atoms with E-state index in [0.717, 1.165) is 5.56 Å². The fourth-order valence-corrected chi connectivity index (χ4v) is 3.52. The molecule has 0 aromatic heterocycles. The molecule has 0 saturated carbocycles. The lowest BCUT2D eigenvalue weighted by molar-refractivity contribution is -0.117. The van der Waals surface area contributed by atoms with E-state index >= 15 is 0 Å². The zero-order valence-corrected chi connectivity index (χ0v) is 18.7. The fourth-order valence-electron chi connectivity index (χ4n) is 3.12. The second kappa shape index (κ2) is 10.8. The first-order valence-corrected chi connectivity index (χ1v) is 10.6. The molecule has 32 heavy (non-hydrogen) atoms. The third kappa shape index (κ3) is 6.33. The third-order valence-electron chi connectivity index (χ3n) is 4.58. The van der Waals surface area contributed by atoms with E-state index in [1.165, 1.54) is 6.92 Å². The molecule has 3 rings (SSSR count). The summed E-state index contributed by atoms with van der Waals surface area (Å²) in [6, 6.07) is 20.0. The molecule has 0 radical (unpaired) electrons. The first kappa shape index (κ1) is 23.3. The van der Waals surface area contributed by atoms with Crippen molar-refractivity contribution < 1.29 is 14.4 Å². The van der Waals surface area contributed by atoms with Gasteiger partial charge in [0, 0.05) is 11.9 Å². The second-order valence-corrected chi connectivity index (χ2v) is 7.88. The van der Waals surface area contributed by atoms with E-state index in [2.05, 4.69) is 16.0 Å². The van der Waals surface area contributed by atoms with E-state index < -0.39 is 6.04 Å². The van der Waals surface area contributed by atoms with Crippen LogP contribution in [0.4, 0.5) is 11.4 Å². The Morgan fingerprint density at radius 1 is 0.844 bits per heavy atom. The maximum absolute atomic E-state index is 12.9. The molecule has 1 atom stereocenters. The van der Waals surface area contributed by atoms with Gasteiger partial charge in [0.05, 0.1) is 34.4 Å². The highest BCUT2D eigenvalue weighted by atomic mass is 35.5. The highest BCUT2D eigenvalue weighted by molar-refractivity contribution is 6.33. The molecule has 3 N–H and O–H groups in total. The average Bonchev–Trinajstić information content (AvgIpc) is 2.76. The summed E-state index contributed by atoms with van der Waals surface area (Å²) in [5.74, 6) is -1.04. The monoisotopic (exact) mass is 469 g/mol. The van der Waals surface area contributed by atoms with Crippen LogP contribution in [0.2, 0.25) is 10.0 Å². The largest absolute Gasteiger partial charge is 0.345 e. The summed E-state index contributed by atoms with van der Waals surface area (Å²) < 4.78 is 0. The fraction of sp³-hybridized carbons (Fsp3) is 0.125. The Balaban J connectivity index is 1.81. The molecule has 0 bridgehead atoms. The van der Waals surface area contributed by atoms with Gasteiger partial charge in [-0.25, -0.2) is 0 Å². The number of hydrogen-bond acceptors (Lipinski definition) is 3. The molecule has 0 aliphatic carbocycles. The lowest BCUT2D eigenvalue weighted by Crippen LogP contribution is -2.31. The number of amides is 3. The molecule has 1 unspecified atom stereocenters. The highest BCUT2D eigenvalue weighted by Gasteiger charge is 2.21. The molecule has 164 valence electrons. The molecular weight excluding hydrogens is 449 g/mol. The number of carbonyl (C=O) groups excluding carboxylic acids is 3. The van der Waals surface area contributed by atoms with E-state index in [4.69, 9.17) is 23.2 Å². The smallest absolute Gasteiger partial charge is 0.253 e. The number of halogens is 2. The second-order valence-electron chi connectivity index (χ2n) is 7.04. The Morgan fingerprint density at radius 2 is 1.53 bits per heavy atom. The van der Waals surface area contributed by atoms with Gasteiger partial charge in [-0.15, -0.1) is 0 Å². The Labute approximate surface area is 195 Å². The van der Waals surface area contributed by atoms with Crippen molar-refractivity contribution in [2.45, 2.75) is 19.4 Å². The number of benzene rings is 3. The van der Waals surface area contributed by atoms with Gasteiger partial charge in [0.2, 0.25) is 11.8 Å². The van der Waals surface area contributed by atoms with Crippen molar-refractivity contribution >= 4 is 52.3 Å². The minimum atomic E-state index is -0.608. The SMILES string of the molecule is CC(=O)Nc1ccc(Cl)cc1NC(=O)CC(NC(=O)c1ccccc1Cl)c1ccccc1. The van der Waals surface area contributed by atoms with Crippen molar-refractivity contribution in [2.75, 3.05) is 10.6 Å². The maximum Gasteiger partial charge on any atom is 0.253 e. The Bertz CT molecular complexity index is 1140. The first-order chi connectivity index (χ1) is 15.3. The number of nitrogens with one attached hydrogen (secondary N) is 3. The average molecular weight is 470 g/mol. The molecule has 0 heterocycles. The molecule has 3 aromatic carbocycles. The van der Waals surface area contributed by atoms with E-state index in [1.54, 1.807) is 42.5 Å². The van der Waals surface area contributed by atoms with Crippen LogP contribution in [0.5, 0.6) is 0 Å². The molecule has 0 aliphatic rings. The van der Waals surface area contributed by atoms with Gasteiger partial charge in [0.25, 0.3) is 5.91 Å². The molecule has 8 heteroatoms. The normalized spacial score (nSPS) is 11.3. The van der Waals surface area contributed by atoms with Crippen molar-refractivity contribution in [3.63, 3.8) is 0 Å². The summed E-state index contributed by atoms with van der Waals surface area (Å²) >= 11 is 12.2. The molecule has 3 aromatic rings. The lowest BCUT2D eigenvalue weighted by Gasteiger charge is -2.20. The summed E-state index contributed by atoms with van der Waals surface area (Å²) in [4.78, 5) is 37.2. The van der Waals surface area contributed by atoms with Gasteiger partial charge in [-0.1, -0.05) is 65.7 Å². The van der Waals surface area contributed by atoms with Crippen LogP contribution in [0.25, 0.3) is 0 Å². The number of anilines is 2. The van der Waals surface area contributed by atoms with Crippen LogP contribution in [0.3, 0.4) is 0 Å². The van der Waals surface area contributed by atoms with Crippen molar-refractivity contribution in [1.29, 1.82) is 0 Å². The summed E-state index contributed by atoms with van der Waals surface area (Å²) in [6.07, 6.45) is -0.0494. The van der Waals surface area contributed by atoms with Crippen LogP contribution in [-0.2, 0) is 9.59 Å². The Hall–Kier alpha value is -3.35. The predicted molar refractivity (Wildman–Crippen MR) is 127 cm³/mol. The first-order valence-electron chi connectivity index (χ1n) is 9.81. The molecule has 0 fully saturated rings. The number of rotatable bonds is 7. The van der Waals surface area contributed by atoms with Gasteiger partial charge in [-0.05, 0) is 35.9 Å². The number of carbonyl (C=O) groups is 3. The quantitative estimate of drug-likeness (QED) is 0.429. The molecule has 0 aliphatic heterocycles. The summed E-state index contributed by atoms with van der Waals surface area (Å²) in [7, 11) is 0. The van der Waals surface area contributed by atoms with Crippen LogP contribution in [-0.4, -0.2) is 17.7 Å². The molecule has 3 amide bonds. The van der Waals surface area contributed by atoms with E-state index in [9.17, 15) is 14.4 Å². The van der Waals surface area contributed by atoms with Crippen molar-refractivity contribution in [1.82, 2.24) is 5.32 Å². The van der Waals surface area contributed by atoms with Crippen LogP contribution < -0.4 is 16.0 Å². The zero-order valence-electron chi connectivity index (χ0n) is 17.2. The van der Waals surface area contributed by atoms with Crippen molar-refractivity contribution in [3.05, 3.63) is 94.0 Å². The van der Waals surface area contributed by atoms with Crippen LogP contribution in [0, 0.1) is 0 Å². The summed E-state index contributed by atoms with van der Waals surface area (Å²) in [6.45, 7) is 1.37. The topological polar surface area (TPSA) is 87.3 Å². The van der Waals surface area contributed by atoms with Crippen LogP contribution in [0.15, 0.2) is 72.8 Å².